The predicted octanol–water partition coefficient (Wildman–Crippen LogP) is 4.23. The van der Waals surface area contributed by atoms with E-state index in [4.69, 9.17) is 0 Å². The van der Waals surface area contributed by atoms with Gasteiger partial charge in [0.25, 0.3) is 0 Å². The predicted molar refractivity (Wildman–Crippen MR) is 72.3 cm³/mol. The van der Waals surface area contributed by atoms with Crippen LogP contribution in [-0.2, 0) is 6.42 Å². The van der Waals surface area contributed by atoms with E-state index in [0.717, 1.165) is 24.1 Å². The molecule has 3 rings (SSSR count). The molecule has 2 aromatic carbocycles. The van der Waals surface area contributed by atoms with Gasteiger partial charge in [0.05, 0.1) is 6.04 Å². The highest BCUT2D eigenvalue weighted by Gasteiger charge is 2.21. The topological polar surface area (TPSA) is 12.0 Å². The van der Waals surface area contributed by atoms with Gasteiger partial charge in [-0.3, -0.25) is 0 Å². The maximum Gasteiger partial charge on any atom is 0.125 e. The molecular weight excluding hydrogens is 225 g/mol. The molecule has 2 heteroatoms. The highest BCUT2D eigenvalue weighted by atomic mass is 19.1. The van der Waals surface area contributed by atoms with Crippen LogP contribution in [0.25, 0.3) is 0 Å². The number of halogens is 1. The van der Waals surface area contributed by atoms with Gasteiger partial charge in [-0.2, -0.15) is 0 Å². The Hall–Kier alpha value is -1.83. The fourth-order valence-electron chi connectivity index (χ4n) is 2.64. The molecule has 0 radical (unpaired) electrons. The third kappa shape index (κ3) is 1.99. The zero-order valence-electron chi connectivity index (χ0n) is 10.4. The van der Waals surface area contributed by atoms with Crippen molar-refractivity contribution in [3.05, 3.63) is 65.0 Å². The fraction of sp³-hybridized carbons (Fsp3) is 0.250. The van der Waals surface area contributed by atoms with Gasteiger partial charge in [-0.1, -0.05) is 30.3 Å². The van der Waals surface area contributed by atoms with E-state index in [-0.39, 0.29) is 5.82 Å². The van der Waals surface area contributed by atoms with Crippen LogP contribution in [0.1, 0.15) is 29.2 Å². The Morgan fingerprint density at radius 1 is 1.17 bits per heavy atom. The van der Waals surface area contributed by atoms with Crippen LogP contribution in [0.5, 0.6) is 0 Å². The first-order valence-corrected chi connectivity index (χ1v) is 6.34. The second-order valence-corrected chi connectivity index (χ2v) is 4.89. The van der Waals surface area contributed by atoms with Crippen LogP contribution >= 0.6 is 0 Å². The molecule has 1 aliphatic rings. The van der Waals surface area contributed by atoms with Crippen LogP contribution in [0.2, 0.25) is 0 Å². The number of anilines is 1. The Kier molecular flexibility index (Phi) is 2.78. The lowest BCUT2D eigenvalue weighted by Gasteiger charge is -2.17. The van der Waals surface area contributed by atoms with Crippen molar-refractivity contribution < 1.29 is 4.39 Å². The summed E-state index contributed by atoms with van der Waals surface area (Å²) in [6, 6.07) is 13.7. The van der Waals surface area contributed by atoms with Crippen LogP contribution in [0.4, 0.5) is 10.1 Å². The van der Waals surface area contributed by atoms with Crippen molar-refractivity contribution in [3.63, 3.8) is 0 Å². The number of nitrogens with one attached hydrogen (secondary N) is 1. The minimum absolute atomic E-state index is 0.186. The third-order valence-electron chi connectivity index (χ3n) is 3.66. The molecule has 0 amide bonds. The molecule has 1 unspecified atom stereocenters. The first kappa shape index (κ1) is 11.3. The van der Waals surface area contributed by atoms with Crippen molar-refractivity contribution in [2.45, 2.75) is 25.8 Å². The average molecular weight is 241 g/mol. The van der Waals surface area contributed by atoms with Crippen molar-refractivity contribution in [3.8, 4) is 0 Å². The standard InChI is InChI=1S/C16H16FN/c1-11-6-8-13(17)10-16(11)18-15-9-7-12-4-2-3-5-14(12)15/h2-6,8,10,15,18H,7,9H2,1H3. The van der Waals surface area contributed by atoms with E-state index in [9.17, 15) is 4.39 Å². The zero-order chi connectivity index (χ0) is 12.5. The summed E-state index contributed by atoms with van der Waals surface area (Å²) in [5.74, 6) is -0.186. The van der Waals surface area contributed by atoms with E-state index < -0.39 is 0 Å². The normalized spacial score (nSPS) is 17.6. The molecule has 1 atom stereocenters. The zero-order valence-corrected chi connectivity index (χ0v) is 10.4. The molecule has 0 heterocycles. The smallest absolute Gasteiger partial charge is 0.125 e. The van der Waals surface area contributed by atoms with Crippen molar-refractivity contribution in [2.24, 2.45) is 0 Å². The largest absolute Gasteiger partial charge is 0.378 e. The van der Waals surface area contributed by atoms with E-state index in [0.29, 0.717) is 6.04 Å². The van der Waals surface area contributed by atoms with Crippen molar-refractivity contribution in [1.82, 2.24) is 0 Å². The minimum atomic E-state index is -0.186. The van der Waals surface area contributed by atoms with Gasteiger partial charge in [0.2, 0.25) is 0 Å². The van der Waals surface area contributed by atoms with Crippen LogP contribution in [-0.4, -0.2) is 0 Å². The summed E-state index contributed by atoms with van der Waals surface area (Å²) >= 11 is 0. The first-order valence-electron chi connectivity index (χ1n) is 6.34. The maximum atomic E-state index is 13.3. The summed E-state index contributed by atoms with van der Waals surface area (Å²) < 4.78 is 13.3. The highest BCUT2D eigenvalue weighted by Crippen LogP contribution is 2.34. The quantitative estimate of drug-likeness (QED) is 0.829. The van der Waals surface area contributed by atoms with Gasteiger partial charge in [0.1, 0.15) is 5.82 Å². The van der Waals surface area contributed by atoms with Gasteiger partial charge in [-0.15, -0.1) is 0 Å². The minimum Gasteiger partial charge on any atom is -0.378 e. The van der Waals surface area contributed by atoms with Crippen LogP contribution in [0.3, 0.4) is 0 Å². The van der Waals surface area contributed by atoms with Gasteiger partial charge < -0.3 is 5.32 Å². The molecule has 0 spiro atoms. The first-order chi connectivity index (χ1) is 8.74. The molecule has 0 bridgehead atoms. The van der Waals surface area contributed by atoms with E-state index in [1.165, 1.54) is 17.2 Å². The Labute approximate surface area is 107 Å². The molecule has 1 N–H and O–H groups in total. The molecule has 0 saturated heterocycles. The van der Waals surface area contributed by atoms with Crippen LogP contribution < -0.4 is 5.32 Å². The van der Waals surface area contributed by atoms with Crippen molar-refractivity contribution >= 4 is 5.69 Å². The summed E-state index contributed by atoms with van der Waals surface area (Å²) in [4.78, 5) is 0. The van der Waals surface area contributed by atoms with E-state index in [1.807, 2.05) is 13.0 Å². The highest BCUT2D eigenvalue weighted by molar-refractivity contribution is 5.53. The molecule has 92 valence electrons. The molecular formula is C16H16FN. The average Bonchev–Trinajstić information content (AvgIpc) is 2.78. The van der Waals surface area contributed by atoms with E-state index in [1.54, 1.807) is 6.07 Å². The number of hydrogen-bond donors (Lipinski definition) is 1. The Balaban J connectivity index is 1.88. The van der Waals surface area contributed by atoms with Gasteiger partial charge in [-0.05, 0) is 48.6 Å². The SMILES string of the molecule is Cc1ccc(F)cc1NC1CCc2ccccc21. The van der Waals surface area contributed by atoms with Crippen LogP contribution in [0, 0.1) is 12.7 Å². The lowest BCUT2D eigenvalue weighted by atomic mass is 10.1. The van der Waals surface area contributed by atoms with Crippen molar-refractivity contribution in [1.29, 1.82) is 0 Å². The monoisotopic (exact) mass is 241 g/mol. The molecule has 0 aromatic heterocycles. The number of aryl methyl sites for hydroxylation is 2. The number of benzene rings is 2. The summed E-state index contributed by atoms with van der Waals surface area (Å²) in [7, 11) is 0. The second kappa shape index (κ2) is 4.45. The summed E-state index contributed by atoms with van der Waals surface area (Å²) in [5.41, 5.74) is 4.74. The molecule has 0 aliphatic heterocycles. The molecule has 0 saturated carbocycles. The molecule has 0 fully saturated rings. The number of hydrogen-bond acceptors (Lipinski definition) is 1. The number of rotatable bonds is 2. The fourth-order valence-corrected chi connectivity index (χ4v) is 2.64. The second-order valence-electron chi connectivity index (χ2n) is 4.89. The van der Waals surface area contributed by atoms with Gasteiger partial charge >= 0.3 is 0 Å². The lowest BCUT2D eigenvalue weighted by molar-refractivity contribution is 0.627. The summed E-state index contributed by atoms with van der Waals surface area (Å²) in [6.07, 6.45) is 2.18. The van der Waals surface area contributed by atoms with Gasteiger partial charge in [-0.25, -0.2) is 4.39 Å². The summed E-state index contributed by atoms with van der Waals surface area (Å²) in [5, 5.41) is 3.47. The van der Waals surface area contributed by atoms with E-state index in [2.05, 4.69) is 29.6 Å². The van der Waals surface area contributed by atoms with Crippen LogP contribution in [0.15, 0.2) is 42.5 Å². The molecule has 2 aromatic rings. The Morgan fingerprint density at radius 3 is 2.89 bits per heavy atom. The van der Waals surface area contributed by atoms with Gasteiger partial charge in [0.15, 0.2) is 0 Å². The third-order valence-corrected chi connectivity index (χ3v) is 3.66. The lowest BCUT2D eigenvalue weighted by Crippen LogP contribution is -2.08. The number of fused-ring (bicyclic) bond motifs is 1. The maximum absolute atomic E-state index is 13.3. The Bertz CT molecular complexity index is 577. The van der Waals surface area contributed by atoms with Crippen molar-refractivity contribution in [2.75, 3.05) is 5.32 Å². The van der Waals surface area contributed by atoms with Gasteiger partial charge in [0, 0.05) is 5.69 Å². The summed E-state index contributed by atoms with van der Waals surface area (Å²) in [6.45, 7) is 2.00. The molecule has 1 aliphatic carbocycles. The van der Waals surface area contributed by atoms with E-state index >= 15 is 0 Å². The molecule has 18 heavy (non-hydrogen) atoms. The Morgan fingerprint density at radius 2 is 2.00 bits per heavy atom. The molecule has 1 nitrogen and oxygen atoms in total.